The van der Waals surface area contributed by atoms with Crippen LogP contribution in [-0.4, -0.2) is 214 Å². The average molecular weight is 1180 g/mol. The molecule has 4 aliphatic carbocycles. The molecule has 8 aliphatic rings. The highest BCUT2D eigenvalue weighted by molar-refractivity contribution is 6.01. The minimum atomic E-state index is -2.36. The van der Waals surface area contributed by atoms with Gasteiger partial charge in [-0.3, -0.25) is 19.3 Å². The number of rotatable bonds is 12. The second-order valence-electron chi connectivity index (χ2n) is 28.3. The Morgan fingerprint density at radius 2 is 1.60 bits per heavy atom. The third kappa shape index (κ3) is 11.7. The Kier molecular flexibility index (Phi) is 19.2. The van der Waals surface area contributed by atoms with Gasteiger partial charge in [-0.1, -0.05) is 33.8 Å². The summed E-state index contributed by atoms with van der Waals surface area (Å²) in [5.41, 5.74) is -10.6. The van der Waals surface area contributed by atoms with Crippen molar-refractivity contribution in [1.29, 1.82) is 0 Å². The molecule has 19 nitrogen and oxygen atoms in total. The fraction of sp³-hybridized carbons (Fsp3) is 0.887. The number of aliphatic hydroxyl groups is 5. The zero-order valence-corrected chi connectivity index (χ0v) is 52.2. The van der Waals surface area contributed by atoms with Crippen LogP contribution >= 0.6 is 0 Å². The van der Waals surface area contributed by atoms with Crippen LogP contribution in [0.15, 0.2) is 23.8 Å². The van der Waals surface area contributed by atoms with Gasteiger partial charge in [-0.25, -0.2) is 8.78 Å². The van der Waals surface area contributed by atoms with Gasteiger partial charge in [0.25, 0.3) is 5.91 Å². The zero-order chi connectivity index (χ0) is 61.5. The molecule has 6 N–H and O–H groups in total. The Bertz CT molecular complexity index is 2410. The highest BCUT2D eigenvalue weighted by Crippen LogP contribution is 2.72. The van der Waals surface area contributed by atoms with Crippen LogP contribution < -0.4 is 5.32 Å². The van der Waals surface area contributed by atoms with Gasteiger partial charge in [-0.15, -0.1) is 0 Å². The standard InChI is InChI=1S/C62H101F2N3O16/c1-17-45-60(13,75)50(71)35(4)67(25-19-23-65-54(74)62-47(82-56(8,9)83-62)29-38-39-28-41(63)40-27-37(68)20-22-57(40,10)61(39,64)44(69)31-58(38,62)11)24-18-21-55(6,7)46(81-53-49(70)42(66(14)15)26-33(2)77-53)30-43(34(3)52(73)80-45)79-48-32-59(12,76-16)51(72)36(5)78-48/h20,22,27,33-36,38-39,41-51,53,69-72,75H,17-19,21,23-26,28-32H2,1-16H3,(H,65,74)/t33-,34+,35+,36+,38?,39?,41-,42-,43-,44-,45+,46+,47+,48+,49?,50-,51+,53+,57-,58-,59-,60-,61-,62-/m0/s1. The second-order valence-corrected chi connectivity index (χ2v) is 28.3. The Morgan fingerprint density at radius 1 is 0.916 bits per heavy atom. The van der Waals surface area contributed by atoms with Crippen LogP contribution in [0.5, 0.6) is 0 Å². The summed E-state index contributed by atoms with van der Waals surface area (Å²) in [4.78, 5) is 46.3. The van der Waals surface area contributed by atoms with Crippen LogP contribution in [-0.2, 0) is 52.3 Å². The summed E-state index contributed by atoms with van der Waals surface area (Å²) >= 11 is 0. The smallest absolute Gasteiger partial charge is 0.311 e. The van der Waals surface area contributed by atoms with E-state index in [9.17, 15) is 35.1 Å². The predicted molar refractivity (Wildman–Crippen MR) is 302 cm³/mol. The minimum absolute atomic E-state index is 0.0112. The maximum atomic E-state index is 18.2. The van der Waals surface area contributed by atoms with E-state index in [-0.39, 0.29) is 62.8 Å². The first-order chi connectivity index (χ1) is 38.5. The molecule has 4 heterocycles. The number of alkyl halides is 2. The van der Waals surface area contributed by atoms with Gasteiger partial charge in [0.05, 0.1) is 48.1 Å². The minimum Gasteiger partial charge on any atom is -0.459 e. The van der Waals surface area contributed by atoms with E-state index in [1.165, 1.54) is 26.2 Å². The van der Waals surface area contributed by atoms with Crippen LogP contribution in [0.25, 0.3) is 0 Å². The fourth-order valence-electron chi connectivity index (χ4n) is 16.4. The molecule has 7 fully saturated rings. The molecule has 0 aromatic heterocycles. The number of aliphatic hydroxyl groups excluding tert-OH is 4. The molecule has 4 saturated heterocycles. The number of nitrogens with one attached hydrogen (secondary N) is 1. The topological polar surface area (TPSA) is 245 Å². The lowest BCUT2D eigenvalue weighted by molar-refractivity contribution is -0.303. The quantitative estimate of drug-likeness (QED) is 0.106. The maximum absolute atomic E-state index is 18.2. The normalized spacial score (nSPS) is 48.7. The fourth-order valence-corrected chi connectivity index (χ4v) is 16.4. The SMILES string of the molecule is CC[C@H]1OC(=O)[C@H](C)[C@@H](O[C@@H]2C[C@](C)(OC)[C@H](O)[C@@H](C)O2)C[C@@H](O[C@H]2O[C@@H](C)C[C@H](N(C)C)C2O)C(C)(C)CCCN(CCCNC(=O)[C@@]23OC(C)(C)O[C@@H]2CC2C4C[C@H](F)C5=CC(=O)C=C[C@]5(C)[C@@]4(F)[C@@H](O)C[C@@]23C)[C@H](C)[C@H](O)[C@@]1(C)O. The number of hydrogen-bond donors (Lipinski definition) is 6. The number of nitrogens with zero attached hydrogens (tertiary/aromatic N) is 2. The van der Waals surface area contributed by atoms with Gasteiger partial charge in [0.1, 0.15) is 36.2 Å². The summed E-state index contributed by atoms with van der Waals surface area (Å²) in [6, 6.07) is -1.01. The van der Waals surface area contributed by atoms with Gasteiger partial charge in [0, 0.05) is 61.9 Å². The molecule has 0 aromatic carbocycles. The number of esters is 1. The number of halogens is 2. The Balaban J connectivity index is 1.05. The molecule has 3 saturated carbocycles. The lowest BCUT2D eigenvalue weighted by atomic mass is 9.44. The van der Waals surface area contributed by atoms with E-state index >= 15 is 13.6 Å². The molecule has 24 atom stereocenters. The molecular formula is C62H101F2N3O16. The number of methoxy groups -OCH3 is 1. The molecule has 8 rings (SSSR count). The van der Waals surface area contributed by atoms with E-state index in [4.69, 9.17) is 37.9 Å². The summed E-state index contributed by atoms with van der Waals surface area (Å²) in [6.45, 7) is 23.8. The number of ketones is 1. The van der Waals surface area contributed by atoms with Crippen LogP contribution in [0.2, 0.25) is 0 Å². The molecule has 0 aromatic rings. The van der Waals surface area contributed by atoms with E-state index in [2.05, 4.69) is 19.2 Å². The summed E-state index contributed by atoms with van der Waals surface area (Å²) in [5, 5.41) is 62.9. The van der Waals surface area contributed by atoms with Gasteiger partial charge in [0.2, 0.25) is 0 Å². The van der Waals surface area contributed by atoms with E-state index in [0.717, 1.165) is 6.08 Å². The lowest BCUT2D eigenvalue weighted by Gasteiger charge is -2.63. The molecule has 1 amide bonds. The summed E-state index contributed by atoms with van der Waals surface area (Å²) in [6.07, 6.45) is -7.63. The first-order valence-electron chi connectivity index (χ1n) is 30.7. The van der Waals surface area contributed by atoms with Crippen molar-refractivity contribution >= 4 is 17.7 Å². The molecule has 21 heteroatoms. The first-order valence-corrected chi connectivity index (χ1v) is 30.7. The number of carbonyl (C=O) groups excluding carboxylic acids is 3. The number of ether oxygens (including phenoxy) is 8. The van der Waals surface area contributed by atoms with Crippen molar-refractivity contribution in [3.05, 3.63) is 23.8 Å². The van der Waals surface area contributed by atoms with Crippen molar-refractivity contribution in [2.75, 3.05) is 40.8 Å². The largest absolute Gasteiger partial charge is 0.459 e. The van der Waals surface area contributed by atoms with E-state index in [1.54, 1.807) is 55.4 Å². The number of carbonyl (C=O) groups is 3. The maximum Gasteiger partial charge on any atom is 0.311 e. The Morgan fingerprint density at radius 3 is 2.25 bits per heavy atom. The van der Waals surface area contributed by atoms with E-state index < -0.39 is 160 Å². The summed E-state index contributed by atoms with van der Waals surface area (Å²) in [7, 11) is 5.31. The highest BCUT2D eigenvalue weighted by Gasteiger charge is 2.81. The van der Waals surface area contributed by atoms with Crippen molar-refractivity contribution in [2.24, 2.45) is 34.0 Å². The average Bonchev–Trinajstić information content (AvgIpc) is 1.81. The van der Waals surface area contributed by atoms with Crippen LogP contribution in [0.4, 0.5) is 8.78 Å². The number of likely N-dealkylation sites (N-methyl/N-ethyl adjacent to an activating group) is 1. The summed E-state index contributed by atoms with van der Waals surface area (Å²) in [5.74, 6) is -5.58. The first kappa shape index (κ1) is 66.3. The Labute approximate surface area is 490 Å². The van der Waals surface area contributed by atoms with Gasteiger partial charge < -0.3 is 73.6 Å². The third-order valence-corrected chi connectivity index (χ3v) is 21.7. The van der Waals surface area contributed by atoms with Gasteiger partial charge in [-0.05, 0) is 163 Å². The number of amides is 1. The van der Waals surface area contributed by atoms with Gasteiger partial charge in [-0.2, -0.15) is 0 Å². The molecule has 4 aliphatic heterocycles. The molecule has 0 bridgehead atoms. The van der Waals surface area contributed by atoms with Gasteiger partial charge >= 0.3 is 5.97 Å². The summed E-state index contributed by atoms with van der Waals surface area (Å²) < 4.78 is 86.2. The highest BCUT2D eigenvalue weighted by atomic mass is 19.1. The number of fused-ring (bicyclic) bond motifs is 7. The number of cyclic esters (lactones) is 1. The molecule has 0 spiro atoms. The van der Waals surface area contributed by atoms with Crippen LogP contribution in [0.3, 0.4) is 0 Å². The molecule has 474 valence electrons. The van der Waals surface area contributed by atoms with E-state index in [0.29, 0.717) is 38.8 Å². The number of hydrogen-bond acceptors (Lipinski definition) is 18. The molecule has 83 heavy (non-hydrogen) atoms. The third-order valence-electron chi connectivity index (χ3n) is 21.7. The van der Waals surface area contributed by atoms with Crippen molar-refractivity contribution in [1.82, 2.24) is 15.1 Å². The number of allylic oxidation sites excluding steroid dienone is 4. The van der Waals surface area contributed by atoms with Crippen LogP contribution in [0, 0.1) is 34.0 Å². The Hall–Kier alpha value is -2.61. The predicted octanol–water partition coefficient (Wildman–Crippen LogP) is 5.38. The zero-order valence-electron chi connectivity index (χ0n) is 52.2. The molecule has 3 unspecified atom stereocenters. The second kappa shape index (κ2) is 24.1. The van der Waals surface area contributed by atoms with Gasteiger partial charge in [0.15, 0.2) is 35.4 Å². The monoisotopic (exact) mass is 1180 g/mol. The van der Waals surface area contributed by atoms with E-state index in [1.807, 2.05) is 37.7 Å². The van der Waals surface area contributed by atoms with Crippen molar-refractivity contribution in [2.45, 2.75) is 274 Å². The lowest BCUT2D eigenvalue weighted by Crippen LogP contribution is -2.71. The molecule has 0 radical (unpaired) electrons. The van der Waals surface area contributed by atoms with Crippen molar-refractivity contribution < 1.29 is 86.6 Å². The van der Waals surface area contributed by atoms with Crippen molar-refractivity contribution in [3.63, 3.8) is 0 Å². The molecular weight excluding hydrogens is 1080 g/mol. The van der Waals surface area contributed by atoms with Crippen molar-refractivity contribution in [3.8, 4) is 0 Å². The van der Waals surface area contributed by atoms with Crippen LogP contribution in [0.1, 0.15) is 154 Å².